The van der Waals surface area contributed by atoms with Crippen molar-refractivity contribution in [3.05, 3.63) is 57.0 Å². The molecule has 300 valence electrons. The molecule has 19 heteroatoms. The molecule has 12 nitrogen and oxygen atoms in total. The van der Waals surface area contributed by atoms with E-state index in [9.17, 15) is 35.2 Å². The van der Waals surface area contributed by atoms with Crippen LogP contribution in [-0.2, 0) is 29.5 Å². The summed E-state index contributed by atoms with van der Waals surface area (Å²) < 4.78 is 90.3. The summed E-state index contributed by atoms with van der Waals surface area (Å²) in [7, 11) is -7.33. The van der Waals surface area contributed by atoms with Crippen LogP contribution in [0.2, 0.25) is 0 Å². The van der Waals surface area contributed by atoms with Gasteiger partial charge in [-0.3, -0.25) is 0 Å². The molecule has 2 saturated carbocycles. The summed E-state index contributed by atoms with van der Waals surface area (Å²) in [6.45, 7) is 12.0. The van der Waals surface area contributed by atoms with Gasteiger partial charge in [0, 0.05) is 37.0 Å². The molecule has 4 rings (SSSR count). The van der Waals surface area contributed by atoms with Crippen LogP contribution in [0.15, 0.2) is 55.1 Å². The van der Waals surface area contributed by atoms with Crippen molar-refractivity contribution in [3.63, 3.8) is 0 Å². The van der Waals surface area contributed by atoms with Crippen molar-refractivity contribution in [2.75, 3.05) is 25.0 Å². The lowest BCUT2D eigenvalue weighted by molar-refractivity contribution is 0.0515. The van der Waals surface area contributed by atoms with Crippen molar-refractivity contribution in [3.8, 4) is 0 Å². The summed E-state index contributed by atoms with van der Waals surface area (Å²) in [6.07, 6.45) is 3.77. The first-order valence-corrected chi connectivity index (χ1v) is 22.5. The molecule has 2 amide bonds. The molecule has 0 heterocycles. The number of hydrogen-bond donors (Lipinski definition) is 3. The fraction of sp³-hybridized carbons (Fsp3) is 0.588. The average Bonchev–Trinajstić information content (AvgIpc) is 3.96. The summed E-state index contributed by atoms with van der Waals surface area (Å²) in [4.78, 5) is 22.5. The van der Waals surface area contributed by atoms with E-state index in [0.29, 0.717) is 19.5 Å². The second kappa shape index (κ2) is 20.9. The average molecular weight is 984 g/mol. The number of alkyl carbamates (subject to hydrolysis) is 2. The standard InChI is InChI=1S/C17H24BrFN2O4S.C9H9BrFNO2S.C8H16BrNO2/c1-17(2,3)25-16(22)20-9-4-10-21(12-5-6-12)26(23,24)13-7-8-14(18)15(19)11-13;10-8-4-3-7(5-9(8)11)15(13,14)12-6-1-2-6;1-8(2,3)12-7(11)10-6-4-5-9/h7-8,11-12H,4-6,9-10H2,1-3H3,(H,20,22);3-6,12H,1-2H2;4-6H2,1-3H3,(H,10,11). The Morgan fingerprint density at radius 3 is 1.64 bits per heavy atom. The summed E-state index contributed by atoms with van der Waals surface area (Å²) in [5.74, 6) is -1.19. The van der Waals surface area contributed by atoms with Crippen LogP contribution in [0.25, 0.3) is 0 Å². The zero-order chi connectivity index (χ0) is 40.2. The largest absolute Gasteiger partial charge is 0.444 e. The maximum atomic E-state index is 13.7. The smallest absolute Gasteiger partial charge is 0.407 e. The van der Waals surface area contributed by atoms with Crippen LogP contribution in [0.4, 0.5) is 18.4 Å². The monoisotopic (exact) mass is 980 g/mol. The number of carbonyl (C=O) groups is 2. The van der Waals surface area contributed by atoms with Crippen LogP contribution in [0, 0.1) is 11.6 Å². The Labute approximate surface area is 337 Å². The second-order valence-electron chi connectivity index (χ2n) is 14.1. The van der Waals surface area contributed by atoms with Crippen LogP contribution in [-0.4, -0.2) is 81.6 Å². The van der Waals surface area contributed by atoms with Crippen LogP contribution in [0.3, 0.4) is 0 Å². The molecule has 2 aliphatic rings. The molecule has 2 aromatic rings. The van der Waals surface area contributed by atoms with Gasteiger partial charge in [0.05, 0.1) is 18.7 Å². The van der Waals surface area contributed by atoms with Gasteiger partial charge in [-0.1, -0.05) is 15.9 Å². The van der Waals surface area contributed by atoms with Crippen LogP contribution in [0.1, 0.15) is 80.1 Å². The summed E-state index contributed by atoms with van der Waals surface area (Å²) in [6, 6.07) is 7.53. The molecule has 3 N–H and O–H groups in total. The van der Waals surface area contributed by atoms with Gasteiger partial charge >= 0.3 is 12.2 Å². The molecule has 0 spiro atoms. The van der Waals surface area contributed by atoms with E-state index >= 15 is 0 Å². The first kappa shape index (κ1) is 47.3. The lowest BCUT2D eigenvalue weighted by Gasteiger charge is -2.23. The number of hydrogen-bond acceptors (Lipinski definition) is 8. The zero-order valence-electron chi connectivity index (χ0n) is 30.6. The van der Waals surface area contributed by atoms with Gasteiger partial charge < -0.3 is 20.1 Å². The fourth-order valence-electron chi connectivity index (χ4n) is 4.08. The Hall–Kier alpha value is -1.90. The Morgan fingerprint density at radius 1 is 0.774 bits per heavy atom. The number of nitrogens with zero attached hydrogens (tertiary/aromatic N) is 1. The first-order valence-electron chi connectivity index (χ1n) is 16.9. The van der Waals surface area contributed by atoms with Gasteiger partial charge in [-0.15, -0.1) is 0 Å². The Kier molecular flexibility index (Phi) is 18.6. The second-order valence-corrected chi connectivity index (χ2v) is 20.3. The number of amides is 2. The normalized spacial score (nSPS) is 14.6. The molecule has 2 aromatic carbocycles. The predicted octanol–water partition coefficient (Wildman–Crippen LogP) is 7.98. The molecule has 53 heavy (non-hydrogen) atoms. The minimum atomic E-state index is -3.78. The third kappa shape index (κ3) is 18.5. The summed E-state index contributed by atoms with van der Waals surface area (Å²) in [5.41, 5.74) is -0.988. The van der Waals surface area contributed by atoms with Crippen molar-refractivity contribution in [2.45, 2.75) is 113 Å². The van der Waals surface area contributed by atoms with Gasteiger partial charge in [-0.05, 0) is 148 Å². The topological polar surface area (TPSA) is 160 Å². The molecular weight excluding hydrogens is 934 g/mol. The van der Waals surface area contributed by atoms with E-state index in [1.54, 1.807) is 20.8 Å². The molecule has 2 fully saturated rings. The van der Waals surface area contributed by atoms with E-state index in [2.05, 4.69) is 63.1 Å². The third-order valence-corrected chi connectivity index (χ3v) is 12.1. The zero-order valence-corrected chi connectivity index (χ0v) is 37.0. The molecule has 0 aromatic heterocycles. The number of alkyl halides is 1. The maximum Gasteiger partial charge on any atom is 0.407 e. The minimum Gasteiger partial charge on any atom is -0.444 e. The van der Waals surface area contributed by atoms with Gasteiger partial charge in [0.25, 0.3) is 0 Å². The number of carbonyl (C=O) groups excluding carboxylic acids is 2. The lowest BCUT2D eigenvalue weighted by atomic mass is 10.2. The highest BCUT2D eigenvalue weighted by Crippen LogP contribution is 2.33. The van der Waals surface area contributed by atoms with E-state index in [1.165, 1.54) is 28.6 Å². The molecule has 0 unspecified atom stereocenters. The number of nitrogens with one attached hydrogen (secondary N) is 3. The Morgan fingerprint density at radius 2 is 1.23 bits per heavy atom. The number of ether oxygens (including phenoxy) is 2. The molecule has 0 bridgehead atoms. The quantitative estimate of drug-likeness (QED) is 0.135. The van der Waals surface area contributed by atoms with Gasteiger partial charge in [-0.25, -0.2) is 39.9 Å². The van der Waals surface area contributed by atoms with Gasteiger partial charge in [-0.2, -0.15) is 4.31 Å². The first-order chi connectivity index (χ1) is 24.4. The Balaban J connectivity index is 0.000000304. The molecular formula is C34H49Br3F2N4O8S2. The van der Waals surface area contributed by atoms with Crippen molar-refractivity contribution >= 4 is 80.0 Å². The van der Waals surface area contributed by atoms with Gasteiger partial charge in [0.1, 0.15) is 22.8 Å². The van der Waals surface area contributed by atoms with Crippen molar-refractivity contribution in [1.82, 2.24) is 19.7 Å². The number of halogens is 5. The van der Waals surface area contributed by atoms with E-state index in [1.807, 2.05) is 20.8 Å². The lowest BCUT2D eigenvalue weighted by Crippen LogP contribution is -2.37. The molecule has 0 aliphatic heterocycles. The highest BCUT2D eigenvalue weighted by molar-refractivity contribution is 9.10. The third-order valence-electron chi connectivity index (χ3n) is 6.75. The molecule has 0 atom stereocenters. The van der Waals surface area contributed by atoms with Crippen molar-refractivity contribution in [2.24, 2.45) is 0 Å². The van der Waals surface area contributed by atoms with E-state index in [4.69, 9.17) is 9.47 Å². The predicted molar refractivity (Wildman–Crippen MR) is 210 cm³/mol. The highest BCUT2D eigenvalue weighted by atomic mass is 79.9. The van der Waals surface area contributed by atoms with Crippen LogP contribution in [0.5, 0.6) is 0 Å². The molecule has 2 aliphatic carbocycles. The highest BCUT2D eigenvalue weighted by Gasteiger charge is 2.38. The summed E-state index contributed by atoms with van der Waals surface area (Å²) >= 11 is 9.26. The van der Waals surface area contributed by atoms with E-state index < -0.39 is 49.0 Å². The fourth-order valence-corrected chi connectivity index (χ4v) is 7.90. The molecule has 0 radical (unpaired) electrons. The van der Waals surface area contributed by atoms with Crippen molar-refractivity contribution < 1.29 is 44.7 Å². The van der Waals surface area contributed by atoms with Crippen LogP contribution < -0.4 is 15.4 Å². The number of benzene rings is 2. The van der Waals surface area contributed by atoms with Gasteiger partial charge in [0.2, 0.25) is 20.0 Å². The maximum absolute atomic E-state index is 13.7. The number of rotatable bonds is 13. The molecule has 0 saturated heterocycles. The SMILES string of the molecule is CC(C)(C)OC(=O)NCCCBr.CC(C)(C)OC(=O)NCCCN(C1CC1)S(=O)(=O)c1ccc(Br)c(F)c1.O=S(=O)(NC1CC1)c1ccc(Br)c(F)c1. The summed E-state index contributed by atoms with van der Waals surface area (Å²) in [5, 5.41) is 6.15. The van der Waals surface area contributed by atoms with E-state index in [-0.39, 0.29) is 43.5 Å². The van der Waals surface area contributed by atoms with E-state index in [0.717, 1.165) is 49.6 Å². The Bertz CT molecular complexity index is 1750. The number of sulfonamides is 2. The van der Waals surface area contributed by atoms with Gasteiger partial charge in [0.15, 0.2) is 0 Å². The van der Waals surface area contributed by atoms with Crippen LogP contribution >= 0.6 is 47.8 Å². The minimum absolute atomic E-state index is 0.0294. The van der Waals surface area contributed by atoms with Crippen molar-refractivity contribution in [1.29, 1.82) is 0 Å².